The van der Waals surface area contributed by atoms with E-state index in [9.17, 15) is 9.59 Å². The molecule has 0 bridgehead atoms. The van der Waals surface area contributed by atoms with Crippen LogP contribution in [0.1, 0.15) is 20.7 Å². The van der Waals surface area contributed by atoms with Crippen molar-refractivity contribution < 1.29 is 19.1 Å². The lowest BCUT2D eigenvalue weighted by Gasteiger charge is -2.13. The zero-order valence-corrected chi connectivity index (χ0v) is 14.1. The molecule has 3 N–H and O–H groups in total. The molecular weight excluding hydrogens is 364 g/mol. The van der Waals surface area contributed by atoms with Crippen LogP contribution in [0.3, 0.4) is 0 Å². The second-order valence-corrected chi connectivity index (χ2v) is 5.44. The molecule has 2 amide bonds. The van der Waals surface area contributed by atoms with Crippen molar-refractivity contribution >= 4 is 33.4 Å². The summed E-state index contributed by atoms with van der Waals surface area (Å²) in [5.41, 5.74) is 6.24. The Bertz CT molecular complexity index is 762. The molecule has 0 fully saturated rings. The van der Waals surface area contributed by atoms with E-state index in [1.807, 2.05) is 0 Å². The van der Waals surface area contributed by atoms with E-state index >= 15 is 0 Å². The maximum Gasteiger partial charge on any atom is 0.255 e. The number of benzene rings is 2. The third-order valence-electron chi connectivity index (χ3n) is 3.13. The predicted octanol–water partition coefficient (Wildman–Crippen LogP) is 2.82. The number of rotatable bonds is 5. The maximum atomic E-state index is 12.4. The monoisotopic (exact) mass is 378 g/mol. The lowest BCUT2D eigenvalue weighted by atomic mass is 10.1. The Labute approximate surface area is 141 Å². The number of primary amides is 1. The van der Waals surface area contributed by atoms with E-state index in [2.05, 4.69) is 21.2 Å². The van der Waals surface area contributed by atoms with Crippen LogP contribution in [0.5, 0.6) is 11.5 Å². The van der Waals surface area contributed by atoms with Gasteiger partial charge in [0.2, 0.25) is 5.91 Å². The van der Waals surface area contributed by atoms with Crippen LogP contribution in [0.4, 0.5) is 5.69 Å². The number of hydrogen-bond donors (Lipinski definition) is 2. The molecule has 0 saturated carbocycles. The summed E-state index contributed by atoms with van der Waals surface area (Å²) >= 11 is 3.35. The highest BCUT2D eigenvalue weighted by Gasteiger charge is 2.14. The molecule has 0 spiro atoms. The molecule has 0 unspecified atom stereocenters. The van der Waals surface area contributed by atoms with E-state index in [0.29, 0.717) is 27.2 Å². The number of nitrogens with one attached hydrogen (secondary N) is 1. The van der Waals surface area contributed by atoms with Crippen LogP contribution < -0.4 is 20.5 Å². The van der Waals surface area contributed by atoms with Gasteiger partial charge in [-0.05, 0) is 34.1 Å². The van der Waals surface area contributed by atoms with Gasteiger partial charge in [0.15, 0.2) is 0 Å². The molecule has 23 heavy (non-hydrogen) atoms. The fourth-order valence-corrected chi connectivity index (χ4v) is 2.45. The van der Waals surface area contributed by atoms with Gasteiger partial charge in [0.25, 0.3) is 5.91 Å². The lowest BCUT2D eigenvalue weighted by molar-refractivity contribution is 0.1000. The zero-order chi connectivity index (χ0) is 17.0. The zero-order valence-electron chi connectivity index (χ0n) is 12.6. The molecule has 2 aromatic rings. The van der Waals surface area contributed by atoms with Gasteiger partial charge in [-0.25, -0.2) is 0 Å². The van der Waals surface area contributed by atoms with Crippen molar-refractivity contribution in [1.82, 2.24) is 0 Å². The molecule has 0 atom stereocenters. The van der Waals surface area contributed by atoms with E-state index in [4.69, 9.17) is 15.2 Å². The first-order valence-corrected chi connectivity index (χ1v) is 7.38. The number of amides is 2. The fraction of sp³-hybridized carbons (Fsp3) is 0.125. The molecule has 7 heteroatoms. The smallest absolute Gasteiger partial charge is 0.255 e. The molecule has 0 aliphatic rings. The average Bonchev–Trinajstić information content (AvgIpc) is 2.55. The molecule has 0 radical (unpaired) electrons. The molecule has 6 nitrogen and oxygen atoms in total. The summed E-state index contributed by atoms with van der Waals surface area (Å²) in [6, 6.07) is 9.48. The summed E-state index contributed by atoms with van der Waals surface area (Å²) < 4.78 is 11.2. The SMILES string of the molecule is COc1cc(NC(=O)c2cccc(C(N)=O)c2)c(OC)cc1Br. The summed E-state index contributed by atoms with van der Waals surface area (Å²) in [6.07, 6.45) is 0. The summed E-state index contributed by atoms with van der Waals surface area (Å²) in [7, 11) is 3.02. The third-order valence-corrected chi connectivity index (χ3v) is 3.75. The van der Waals surface area contributed by atoms with Crippen LogP contribution in [0.25, 0.3) is 0 Å². The molecule has 120 valence electrons. The number of methoxy groups -OCH3 is 2. The van der Waals surface area contributed by atoms with E-state index < -0.39 is 11.8 Å². The molecule has 2 aromatic carbocycles. The number of hydrogen-bond acceptors (Lipinski definition) is 4. The van der Waals surface area contributed by atoms with Crippen LogP contribution >= 0.6 is 15.9 Å². The quantitative estimate of drug-likeness (QED) is 0.836. The van der Waals surface area contributed by atoms with E-state index in [1.165, 1.54) is 20.3 Å². The van der Waals surface area contributed by atoms with Crippen LogP contribution in [-0.4, -0.2) is 26.0 Å². The Kier molecular flexibility index (Phi) is 5.23. The van der Waals surface area contributed by atoms with E-state index in [-0.39, 0.29) is 5.56 Å². The van der Waals surface area contributed by atoms with Crippen LogP contribution in [0, 0.1) is 0 Å². The Hall–Kier alpha value is -2.54. The molecule has 0 aliphatic heterocycles. The van der Waals surface area contributed by atoms with Crippen molar-refractivity contribution in [2.75, 3.05) is 19.5 Å². The van der Waals surface area contributed by atoms with Crippen molar-refractivity contribution in [3.05, 3.63) is 52.0 Å². The van der Waals surface area contributed by atoms with Gasteiger partial charge in [0.1, 0.15) is 11.5 Å². The number of anilines is 1. The first-order valence-electron chi connectivity index (χ1n) is 6.59. The molecule has 2 rings (SSSR count). The number of nitrogens with two attached hydrogens (primary N) is 1. The van der Waals surface area contributed by atoms with Gasteiger partial charge in [0, 0.05) is 23.3 Å². The minimum atomic E-state index is -0.595. The molecule has 0 heterocycles. The summed E-state index contributed by atoms with van der Waals surface area (Å²) in [6.45, 7) is 0. The van der Waals surface area contributed by atoms with Crippen LogP contribution in [0.15, 0.2) is 40.9 Å². The summed E-state index contributed by atoms with van der Waals surface area (Å²) in [4.78, 5) is 23.6. The Morgan fingerprint density at radius 1 is 1.04 bits per heavy atom. The first kappa shape index (κ1) is 16.8. The van der Waals surface area contributed by atoms with Gasteiger partial charge >= 0.3 is 0 Å². The summed E-state index contributed by atoms with van der Waals surface area (Å²) in [5.74, 6) is 0.0300. The van der Waals surface area contributed by atoms with Crippen molar-refractivity contribution in [3.63, 3.8) is 0 Å². The Balaban J connectivity index is 2.33. The summed E-state index contributed by atoms with van der Waals surface area (Å²) in [5, 5.41) is 2.73. The molecule has 0 aromatic heterocycles. The fourth-order valence-electron chi connectivity index (χ4n) is 1.97. The normalized spacial score (nSPS) is 10.0. The van der Waals surface area contributed by atoms with Crippen molar-refractivity contribution in [1.29, 1.82) is 0 Å². The van der Waals surface area contributed by atoms with Gasteiger partial charge in [-0.1, -0.05) is 6.07 Å². The average molecular weight is 379 g/mol. The maximum absolute atomic E-state index is 12.4. The number of halogens is 1. The van der Waals surface area contributed by atoms with Gasteiger partial charge in [-0.3, -0.25) is 9.59 Å². The van der Waals surface area contributed by atoms with Crippen molar-refractivity contribution in [2.24, 2.45) is 5.73 Å². The van der Waals surface area contributed by atoms with E-state index in [1.54, 1.807) is 30.3 Å². The second-order valence-electron chi connectivity index (χ2n) is 4.59. The standard InChI is InChI=1S/C16H15BrN2O4/c1-22-13-8-12(14(23-2)7-11(13)17)19-16(21)10-5-3-4-9(6-10)15(18)20/h3-8H,1-2H3,(H2,18,20)(H,19,21). The number of ether oxygens (including phenoxy) is 2. The molecular formula is C16H15BrN2O4. The highest BCUT2D eigenvalue weighted by atomic mass is 79.9. The molecule has 0 saturated heterocycles. The van der Waals surface area contributed by atoms with Crippen molar-refractivity contribution in [3.8, 4) is 11.5 Å². The minimum Gasteiger partial charge on any atom is -0.495 e. The minimum absolute atomic E-state index is 0.262. The van der Waals surface area contributed by atoms with Crippen molar-refractivity contribution in [2.45, 2.75) is 0 Å². The van der Waals surface area contributed by atoms with Crippen LogP contribution in [-0.2, 0) is 0 Å². The van der Waals surface area contributed by atoms with Gasteiger partial charge in [0.05, 0.1) is 24.4 Å². The first-order chi connectivity index (χ1) is 11.0. The highest BCUT2D eigenvalue weighted by Crippen LogP contribution is 2.36. The number of carbonyl (C=O) groups is 2. The van der Waals surface area contributed by atoms with Gasteiger partial charge in [-0.15, -0.1) is 0 Å². The highest BCUT2D eigenvalue weighted by molar-refractivity contribution is 9.10. The van der Waals surface area contributed by atoms with Crippen LogP contribution in [0.2, 0.25) is 0 Å². The molecule has 0 aliphatic carbocycles. The lowest BCUT2D eigenvalue weighted by Crippen LogP contribution is -2.15. The Morgan fingerprint density at radius 3 is 2.30 bits per heavy atom. The van der Waals surface area contributed by atoms with E-state index in [0.717, 1.165) is 0 Å². The Morgan fingerprint density at radius 2 is 1.70 bits per heavy atom. The van der Waals surface area contributed by atoms with Gasteiger partial charge < -0.3 is 20.5 Å². The number of carbonyl (C=O) groups excluding carboxylic acids is 2. The van der Waals surface area contributed by atoms with Gasteiger partial charge in [-0.2, -0.15) is 0 Å². The largest absolute Gasteiger partial charge is 0.495 e. The topological polar surface area (TPSA) is 90.6 Å². The second kappa shape index (κ2) is 7.15. The third kappa shape index (κ3) is 3.81. The predicted molar refractivity (Wildman–Crippen MR) is 90.2 cm³/mol.